The zero-order chi connectivity index (χ0) is 6.32. The van der Waals surface area contributed by atoms with Crippen molar-refractivity contribution < 1.29 is 0 Å². The van der Waals surface area contributed by atoms with E-state index in [0.717, 1.165) is 5.92 Å². The van der Waals surface area contributed by atoms with Gasteiger partial charge in [-0.15, -0.1) is 6.58 Å². The van der Waals surface area contributed by atoms with Crippen LogP contribution in [0.15, 0.2) is 24.8 Å². The van der Waals surface area contributed by atoms with Gasteiger partial charge in [0, 0.05) is 0 Å². The van der Waals surface area contributed by atoms with Crippen molar-refractivity contribution in [3.8, 4) is 0 Å². The van der Waals surface area contributed by atoms with Gasteiger partial charge in [-0.2, -0.15) is 0 Å². The molecule has 0 heteroatoms. The molecular formula is C9H12. The Kier molecular flexibility index (Phi) is 0.879. The van der Waals surface area contributed by atoms with Crippen LogP contribution >= 0.6 is 0 Å². The number of hydrogen-bond donors (Lipinski definition) is 0. The van der Waals surface area contributed by atoms with E-state index in [0.29, 0.717) is 5.41 Å². The third-order valence-corrected chi connectivity index (χ3v) is 2.73. The lowest BCUT2D eigenvalue weighted by Gasteiger charge is -2.11. The third-order valence-electron chi connectivity index (χ3n) is 2.73. The van der Waals surface area contributed by atoms with Gasteiger partial charge in [-0.1, -0.05) is 18.2 Å². The highest BCUT2D eigenvalue weighted by Gasteiger charge is 2.50. The molecule has 1 saturated carbocycles. The Morgan fingerprint density at radius 3 is 3.11 bits per heavy atom. The van der Waals surface area contributed by atoms with Crippen molar-refractivity contribution in [2.75, 3.05) is 0 Å². The second kappa shape index (κ2) is 1.50. The molecule has 0 nitrogen and oxygen atoms in total. The van der Waals surface area contributed by atoms with E-state index in [1.165, 1.54) is 19.3 Å². The summed E-state index contributed by atoms with van der Waals surface area (Å²) in [4.78, 5) is 0. The maximum Gasteiger partial charge on any atom is -0.00490 e. The van der Waals surface area contributed by atoms with Crippen LogP contribution in [-0.2, 0) is 0 Å². The number of rotatable bonds is 1. The molecule has 0 aromatic rings. The van der Waals surface area contributed by atoms with Crippen LogP contribution in [0.4, 0.5) is 0 Å². The molecule has 0 saturated heterocycles. The molecule has 0 aliphatic heterocycles. The molecule has 2 aliphatic carbocycles. The highest BCUT2D eigenvalue weighted by molar-refractivity contribution is 5.22. The Bertz CT molecular complexity index is 167. The number of fused-ring (bicyclic) bond motifs is 1. The van der Waals surface area contributed by atoms with Crippen LogP contribution in [-0.4, -0.2) is 0 Å². The molecule has 0 aromatic carbocycles. The second-order valence-electron chi connectivity index (χ2n) is 3.21. The van der Waals surface area contributed by atoms with Crippen molar-refractivity contribution in [3.63, 3.8) is 0 Å². The molecule has 2 rings (SSSR count). The Hall–Kier alpha value is -0.520. The summed E-state index contributed by atoms with van der Waals surface area (Å²) in [5, 5.41) is 0. The van der Waals surface area contributed by atoms with E-state index in [-0.39, 0.29) is 0 Å². The fourth-order valence-corrected chi connectivity index (χ4v) is 1.85. The summed E-state index contributed by atoms with van der Waals surface area (Å²) in [7, 11) is 0. The topological polar surface area (TPSA) is 0 Å². The van der Waals surface area contributed by atoms with E-state index in [1.807, 2.05) is 0 Å². The van der Waals surface area contributed by atoms with E-state index in [9.17, 15) is 0 Å². The fraction of sp³-hybridized carbons (Fsp3) is 0.556. The Morgan fingerprint density at radius 1 is 1.67 bits per heavy atom. The van der Waals surface area contributed by atoms with E-state index in [1.54, 1.807) is 0 Å². The fourth-order valence-electron chi connectivity index (χ4n) is 1.85. The van der Waals surface area contributed by atoms with Gasteiger partial charge in [0.15, 0.2) is 0 Å². The number of allylic oxidation sites excluding steroid dienone is 3. The lowest BCUT2D eigenvalue weighted by Crippen LogP contribution is -2.00. The summed E-state index contributed by atoms with van der Waals surface area (Å²) in [6, 6.07) is 0. The van der Waals surface area contributed by atoms with Crippen LogP contribution in [0.3, 0.4) is 0 Å². The van der Waals surface area contributed by atoms with Crippen LogP contribution in [0.2, 0.25) is 0 Å². The summed E-state index contributed by atoms with van der Waals surface area (Å²) in [5.41, 5.74) is 0.564. The van der Waals surface area contributed by atoms with Gasteiger partial charge in [0.25, 0.3) is 0 Å². The van der Waals surface area contributed by atoms with Gasteiger partial charge in [0.2, 0.25) is 0 Å². The third kappa shape index (κ3) is 0.592. The summed E-state index contributed by atoms with van der Waals surface area (Å²) >= 11 is 0. The molecule has 0 radical (unpaired) electrons. The van der Waals surface area contributed by atoms with Crippen LogP contribution < -0.4 is 0 Å². The van der Waals surface area contributed by atoms with Crippen molar-refractivity contribution in [3.05, 3.63) is 24.8 Å². The minimum Gasteiger partial charge on any atom is -0.103 e. The van der Waals surface area contributed by atoms with E-state index < -0.39 is 0 Å². The molecule has 0 spiro atoms. The SMILES string of the molecule is C=CC12CCC=CC1C2. The molecular weight excluding hydrogens is 108 g/mol. The normalized spacial score (nSPS) is 46.0. The van der Waals surface area contributed by atoms with E-state index >= 15 is 0 Å². The zero-order valence-electron chi connectivity index (χ0n) is 5.64. The minimum atomic E-state index is 0.564. The first-order valence-electron chi connectivity index (χ1n) is 3.68. The van der Waals surface area contributed by atoms with Crippen molar-refractivity contribution in [2.24, 2.45) is 11.3 Å². The summed E-state index contributed by atoms with van der Waals surface area (Å²) in [6.45, 7) is 3.86. The average Bonchev–Trinajstić information content (AvgIpc) is 2.62. The lowest BCUT2D eigenvalue weighted by atomic mass is 9.93. The van der Waals surface area contributed by atoms with Crippen molar-refractivity contribution in [1.82, 2.24) is 0 Å². The van der Waals surface area contributed by atoms with Gasteiger partial charge in [-0.3, -0.25) is 0 Å². The smallest absolute Gasteiger partial charge is 0.00490 e. The zero-order valence-corrected chi connectivity index (χ0v) is 5.64. The maximum atomic E-state index is 3.86. The molecule has 2 atom stereocenters. The van der Waals surface area contributed by atoms with Crippen molar-refractivity contribution in [2.45, 2.75) is 19.3 Å². The predicted molar refractivity (Wildman–Crippen MR) is 39.1 cm³/mol. The first-order chi connectivity index (χ1) is 4.37. The molecule has 1 fully saturated rings. The largest absolute Gasteiger partial charge is 0.103 e. The monoisotopic (exact) mass is 120 g/mol. The quantitative estimate of drug-likeness (QED) is 0.466. The Morgan fingerprint density at radius 2 is 2.56 bits per heavy atom. The molecule has 2 unspecified atom stereocenters. The Labute approximate surface area is 56.3 Å². The number of hydrogen-bond acceptors (Lipinski definition) is 0. The molecule has 0 heterocycles. The van der Waals surface area contributed by atoms with Crippen LogP contribution in [0, 0.1) is 11.3 Å². The van der Waals surface area contributed by atoms with Gasteiger partial charge in [-0.05, 0) is 30.6 Å². The van der Waals surface area contributed by atoms with Gasteiger partial charge in [-0.25, -0.2) is 0 Å². The highest BCUT2D eigenvalue weighted by Crippen LogP contribution is 2.59. The summed E-state index contributed by atoms with van der Waals surface area (Å²) in [5.74, 6) is 0.865. The van der Waals surface area contributed by atoms with Gasteiger partial charge < -0.3 is 0 Å². The van der Waals surface area contributed by atoms with Gasteiger partial charge in [0.05, 0.1) is 0 Å². The molecule has 9 heavy (non-hydrogen) atoms. The molecule has 0 bridgehead atoms. The van der Waals surface area contributed by atoms with Crippen molar-refractivity contribution in [1.29, 1.82) is 0 Å². The molecule has 2 aliphatic rings. The average molecular weight is 120 g/mol. The Balaban J connectivity index is 2.21. The second-order valence-corrected chi connectivity index (χ2v) is 3.21. The van der Waals surface area contributed by atoms with Crippen molar-refractivity contribution >= 4 is 0 Å². The van der Waals surface area contributed by atoms with Gasteiger partial charge in [0.1, 0.15) is 0 Å². The molecule has 0 aromatic heterocycles. The highest BCUT2D eigenvalue weighted by atomic mass is 14.5. The molecule has 0 amide bonds. The summed E-state index contributed by atoms with van der Waals surface area (Å²) < 4.78 is 0. The first kappa shape index (κ1) is 5.28. The molecule has 48 valence electrons. The van der Waals surface area contributed by atoms with Crippen LogP contribution in [0.1, 0.15) is 19.3 Å². The van der Waals surface area contributed by atoms with Gasteiger partial charge >= 0.3 is 0 Å². The van der Waals surface area contributed by atoms with E-state index in [4.69, 9.17) is 0 Å². The molecule has 0 N–H and O–H groups in total. The van der Waals surface area contributed by atoms with Crippen LogP contribution in [0.25, 0.3) is 0 Å². The van der Waals surface area contributed by atoms with E-state index in [2.05, 4.69) is 24.8 Å². The first-order valence-corrected chi connectivity index (χ1v) is 3.68. The van der Waals surface area contributed by atoms with Crippen LogP contribution in [0.5, 0.6) is 0 Å². The minimum absolute atomic E-state index is 0.564. The standard InChI is InChI=1S/C9H12/c1-2-9-6-4-3-5-8(9)7-9/h2-3,5,8H,1,4,6-7H2. The maximum absolute atomic E-state index is 3.86. The summed E-state index contributed by atoms with van der Waals surface area (Å²) in [6.07, 6.45) is 10.8. The lowest BCUT2D eigenvalue weighted by molar-refractivity contribution is 0.544. The predicted octanol–water partition coefficient (Wildman–Crippen LogP) is 2.53.